The van der Waals surface area contributed by atoms with Crippen molar-refractivity contribution >= 4 is 5.91 Å². The molecule has 0 unspecified atom stereocenters. The van der Waals surface area contributed by atoms with E-state index >= 15 is 0 Å². The van der Waals surface area contributed by atoms with Crippen LogP contribution >= 0.6 is 0 Å². The van der Waals surface area contributed by atoms with E-state index in [-0.39, 0.29) is 18.9 Å². The first-order chi connectivity index (χ1) is 9.99. The highest BCUT2D eigenvalue weighted by Gasteiger charge is 2.36. The number of nitrogens with zero attached hydrogens (tertiary/aromatic N) is 1. The Bertz CT molecular complexity index is 471. The van der Waals surface area contributed by atoms with Crippen molar-refractivity contribution < 1.29 is 13.9 Å². The zero-order valence-electron chi connectivity index (χ0n) is 12.1. The van der Waals surface area contributed by atoms with Gasteiger partial charge in [0.1, 0.15) is 12.2 Å². The van der Waals surface area contributed by atoms with Crippen LogP contribution in [0.3, 0.4) is 0 Å². The molecule has 0 aromatic heterocycles. The highest BCUT2D eigenvalue weighted by molar-refractivity contribution is 5.82. The average Bonchev–Trinajstić information content (AvgIpc) is 2.83. The van der Waals surface area contributed by atoms with Crippen LogP contribution in [0, 0.1) is 0 Å². The van der Waals surface area contributed by atoms with E-state index in [4.69, 9.17) is 16.2 Å². The molecule has 0 saturated carbocycles. The molecule has 1 aromatic carbocycles. The highest BCUT2D eigenvalue weighted by atomic mass is 19.1. The van der Waals surface area contributed by atoms with Gasteiger partial charge in [-0.2, -0.15) is 0 Å². The van der Waals surface area contributed by atoms with Gasteiger partial charge in [0.05, 0.1) is 25.4 Å². The van der Waals surface area contributed by atoms with Gasteiger partial charge in [-0.15, -0.1) is 0 Å². The van der Waals surface area contributed by atoms with Gasteiger partial charge in [0.15, 0.2) is 0 Å². The molecule has 4 atom stereocenters. The zero-order chi connectivity index (χ0) is 15.4. The first kappa shape index (κ1) is 15.9. The van der Waals surface area contributed by atoms with Crippen LogP contribution in [0.2, 0.25) is 0 Å². The molecule has 0 bridgehead atoms. The summed E-state index contributed by atoms with van der Waals surface area (Å²) >= 11 is 0. The molecule has 1 aliphatic rings. The molecular weight excluding hydrogens is 273 g/mol. The first-order valence-corrected chi connectivity index (χ1v) is 7.10. The van der Waals surface area contributed by atoms with Crippen LogP contribution in [0.1, 0.15) is 18.9 Å². The lowest BCUT2D eigenvalue weighted by Crippen LogP contribution is -2.53. The van der Waals surface area contributed by atoms with Gasteiger partial charge >= 0.3 is 0 Å². The molecule has 1 saturated heterocycles. The molecule has 1 aromatic rings. The van der Waals surface area contributed by atoms with E-state index in [1.807, 2.05) is 30.3 Å². The number of nitrogens with two attached hydrogens (primary N) is 2. The Morgan fingerprint density at radius 3 is 2.71 bits per heavy atom. The third-order valence-corrected chi connectivity index (χ3v) is 3.72. The Labute approximate surface area is 124 Å². The minimum Gasteiger partial charge on any atom is -0.372 e. The molecule has 6 heteroatoms. The molecule has 4 N–H and O–H groups in total. The van der Waals surface area contributed by atoms with Gasteiger partial charge in [-0.25, -0.2) is 4.39 Å². The molecule has 2 rings (SSSR count). The Balaban J connectivity index is 1.87. The van der Waals surface area contributed by atoms with Gasteiger partial charge in [-0.3, -0.25) is 4.79 Å². The molecule has 0 spiro atoms. The van der Waals surface area contributed by atoms with E-state index < -0.39 is 24.5 Å². The Hall–Kier alpha value is -1.50. The largest absolute Gasteiger partial charge is 0.372 e. The van der Waals surface area contributed by atoms with Crippen LogP contribution in [-0.4, -0.2) is 41.8 Å². The number of hydrogen-bond donors (Lipinski definition) is 2. The number of carbonyl (C=O) groups excluding carboxylic acids is 1. The SMILES string of the molecule is C[C@@H](OCc1ccccc1)[C@H](N)C(=O)N1C[C@@H](F)C[C@H]1N. The number of hydrogen-bond acceptors (Lipinski definition) is 4. The van der Waals surface area contributed by atoms with Gasteiger partial charge in [-0.1, -0.05) is 30.3 Å². The third-order valence-electron chi connectivity index (χ3n) is 3.72. The second-order valence-corrected chi connectivity index (χ2v) is 5.42. The number of rotatable bonds is 5. The summed E-state index contributed by atoms with van der Waals surface area (Å²) in [4.78, 5) is 13.5. The highest BCUT2D eigenvalue weighted by Crippen LogP contribution is 2.18. The van der Waals surface area contributed by atoms with Crippen molar-refractivity contribution in [1.82, 2.24) is 4.90 Å². The maximum Gasteiger partial charge on any atom is 0.243 e. The summed E-state index contributed by atoms with van der Waals surface area (Å²) in [5.74, 6) is -0.358. The fourth-order valence-corrected chi connectivity index (χ4v) is 2.36. The molecule has 0 radical (unpaired) electrons. The molecule has 1 aliphatic heterocycles. The minimum atomic E-state index is -1.07. The number of carbonyl (C=O) groups is 1. The average molecular weight is 295 g/mol. The summed E-state index contributed by atoms with van der Waals surface area (Å²) in [6.07, 6.45) is -1.97. The lowest BCUT2D eigenvalue weighted by molar-refractivity contribution is -0.137. The smallest absolute Gasteiger partial charge is 0.243 e. The van der Waals surface area contributed by atoms with Crippen molar-refractivity contribution in [2.75, 3.05) is 6.54 Å². The van der Waals surface area contributed by atoms with Crippen LogP contribution < -0.4 is 11.5 Å². The lowest BCUT2D eigenvalue weighted by Gasteiger charge is -2.27. The quantitative estimate of drug-likeness (QED) is 0.841. The van der Waals surface area contributed by atoms with E-state index in [1.165, 1.54) is 4.90 Å². The Morgan fingerprint density at radius 2 is 2.14 bits per heavy atom. The summed E-state index contributed by atoms with van der Waals surface area (Å²) in [5.41, 5.74) is 12.7. The normalized spacial score (nSPS) is 24.9. The van der Waals surface area contributed by atoms with Gasteiger partial charge in [-0.05, 0) is 12.5 Å². The maximum atomic E-state index is 13.3. The van der Waals surface area contributed by atoms with Crippen molar-refractivity contribution in [2.24, 2.45) is 11.5 Å². The molecule has 1 amide bonds. The van der Waals surface area contributed by atoms with Crippen molar-refractivity contribution in [3.05, 3.63) is 35.9 Å². The number of halogens is 1. The summed E-state index contributed by atoms with van der Waals surface area (Å²) in [6.45, 7) is 2.12. The van der Waals surface area contributed by atoms with Crippen molar-refractivity contribution in [1.29, 1.82) is 0 Å². The molecule has 21 heavy (non-hydrogen) atoms. The van der Waals surface area contributed by atoms with Crippen LogP contribution in [0.15, 0.2) is 30.3 Å². The first-order valence-electron chi connectivity index (χ1n) is 7.10. The second kappa shape index (κ2) is 6.98. The van der Waals surface area contributed by atoms with Crippen LogP contribution in [0.25, 0.3) is 0 Å². The molecule has 116 valence electrons. The monoisotopic (exact) mass is 295 g/mol. The summed E-state index contributed by atoms with van der Waals surface area (Å²) in [7, 11) is 0. The van der Waals surface area contributed by atoms with E-state index in [2.05, 4.69) is 0 Å². The van der Waals surface area contributed by atoms with Crippen LogP contribution in [0.4, 0.5) is 4.39 Å². The van der Waals surface area contributed by atoms with E-state index in [9.17, 15) is 9.18 Å². The van der Waals surface area contributed by atoms with Crippen molar-refractivity contribution in [2.45, 2.75) is 44.4 Å². The fraction of sp³-hybridized carbons (Fsp3) is 0.533. The standard InChI is InChI=1S/C15H22FN3O2/c1-10(21-9-11-5-3-2-4-6-11)14(18)15(20)19-8-12(16)7-13(19)17/h2-6,10,12-14H,7-9,17-18H2,1H3/t10-,12+,13+,14+/m1/s1. The molecule has 5 nitrogen and oxygen atoms in total. The molecule has 1 fully saturated rings. The predicted molar refractivity (Wildman–Crippen MR) is 77.9 cm³/mol. The summed E-state index contributed by atoms with van der Waals surface area (Å²) < 4.78 is 18.9. The van der Waals surface area contributed by atoms with E-state index in [1.54, 1.807) is 6.92 Å². The second-order valence-electron chi connectivity index (χ2n) is 5.42. The fourth-order valence-electron chi connectivity index (χ4n) is 2.36. The number of alkyl halides is 1. The van der Waals surface area contributed by atoms with Gasteiger partial charge < -0.3 is 21.1 Å². The summed E-state index contributed by atoms with van der Waals surface area (Å²) in [6, 6.07) is 8.78. The van der Waals surface area contributed by atoms with Crippen molar-refractivity contribution in [3.8, 4) is 0 Å². The predicted octanol–water partition coefficient (Wildman–Crippen LogP) is 0.774. The zero-order valence-corrected chi connectivity index (χ0v) is 12.1. The minimum absolute atomic E-state index is 0.0130. The topological polar surface area (TPSA) is 81.6 Å². The van der Waals surface area contributed by atoms with Crippen LogP contribution in [0.5, 0.6) is 0 Å². The van der Waals surface area contributed by atoms with Gasteiger partial charge in [0, 0.05) is 6.42 Å². The van der Waals surface area contributed by atoms with E-state index in [0.717, 1.165) is 5.56 Å². The van der Waals surface area contributed by atoms with Gasteiger partial charge in [0.2, 0.25) is 5.91 Å². The van der Waals surface area contributed by atoms with E-state index in [0.29, 0.717) is 6.61 Å². The number of ether oxygens (including phenoxy) is 1. The molecular formula is C15H22FN3O2. The number of likely N-dealkylation sites (tertiary alicyclic amines) is 1. The Morgan fingerprint density at radius 1 is 1.48 bits per heavy atom. The maximum absolute atomic E-state index is 13.3. The molecule has 1 heterocycles. The number of benzene rings is 1. The number of amides is 1. The third kappa shape index (κ3) is 4.00. The summed E-state index contributed by atoms with van der Waals surface area (Å²) in [5, 5.41) is 0. The van der Waals surface area contributed by atoms with Gasteiger partial charge in [0.25, 0.3) is 0 Å². The molecule has 0 aliphatic carbocycles. The Kier molecular flexibility index (Phi) is 5.27. The van der Waals surface area contributed by atoms with Crippen LogP contribution in [-0.2, 0) is 16.1 Å². The van der Waals surface area contributed by atoms with Crippen molar-refractivity contribution in [3.63, 3.8) is 0 Å². The lowest BCUT2D eigenvalue weighted by atomic mass is 10.1.